The lowest BCUT2D eigenvalue weighted by atomic mass is 10.2. The van der Waals surface area contributed by atoms with Gasteiger partial charge in [-0.3, -0.25) is 4.98 Å². The van der Waals surface area contributed by atoms with Crippen molar-refractivity contribution in [2.24, 2.45) is 5.73 Å². The second kappa shape index (κ2) is 10.7. The highest BCUT2D eigenvalue weighted by atomic mass is 35.5. The van der Waals surface area contributed by atoms with Crippen LogP contribution in [-0.2, 0) is 10.0 Å². The van der Waals surface area contributed by atoms with Gasteiger partial charge in [-0.05, 0) is 29.8 Å². The third kappa shape index (κ3) is 5.65. The lowest BCUT2D eigenvalue weighted by molar-refractivity contribution is 0.415. The van der Waals surface area contributed by atoms with Crippen molar-refractivity contribution in [3.05, 3.63) is 77.6 Å². The number of nitrogens with zero attached hydrogens (tertiary/aromatic N) is 2. The average molecular weight is 445 g/mol. The number of nitrogens with one attached hydrogen (secondary N) is 1. The van der Waals surface area contributed by atoms with Crippen LogP contribution in [0.1, 0.15) is 5.56 Å². The normalized spacial score (nSPS) is 12.2. The van der Waals surface area contributed by atoms with E-state index in [-0.39, 0.29) is 18.0 Å². The number of hydrogen-bond acceptors (Lipinski definition) is 5. The molecule has 30 heavy (non-hydrogen) atoms. The van der Waals surface area contributed by atoms with Crippen LogP contribution in [0.15, 0.2) is 71.9 Å². The Kier molecular flexibility index (Phi) is 7.95. The summed E-state index contributed by atoms with van der Waals surface area (Å²) in [6.07, 6.45) is 7.24. The van der Waals surface area contributed by atoms with Crippen molar-refractivity contribution in [2.75, 3.05) is 32.7 Å². The molecule has 1 heterocycles. The number of benzene rings is 2. The van der Waals surface area contributed by atoms with Crippen molar-refractivity contribution in [3.63, 3.8) is 0 Å². The van der Waals surface area contributed by atoms with Crippen molar-refractivity contribution >= 4 is 38.5 Å². The number of sulfonamides is 1. The van der Waals surface area contributed by atoms with Crippen LogP contribution in [-0.4, -0.2) is 50.4 Å². The maximum Gasteiger partial charge on any atom is 0.243 e. The lowest BCUT2D eigenvalue weighted by Crippen LogP contribution is -2.40. The fourth-order valence-corrected chi connectivity index (χ4v) is 4.91. The number of hydrogen-bond donors (Lipinski definition) is 2. The standard InChI is InChI=1S/C22H25ClN4O2S/c23-20-8-6-18(7-9-20)3-2-12-25-14-16-27(15-11-24)30(28,29)22-5-1-4-19-17-26-13-10-21(19)22/h1-10,13,17,25H,11-12,14-16,24H2. The summed E-state index contributed by atoms with van der Waals surface area (Å²) >= 11 is 5.88. The van der Waals surface area contributed by atoms with Crippen molar-refractivity contribution in [1.29, 1.82) is 0 Å². The molecule has 1 aromatic heterocycles. The van der Waals surface area contributed by atoms with Gasteiger partial charge in [0.15, 0.2) is 0 Å². The maximum absolute atomic E-state index is 13.3. The zero-order valence-electron chi connectivity index (χ0n) is 16.5. The summed E-state index contributed by atoms with van der Waals surface area (Å²) in [5.41, 5.74) is 6.74. The van der Waals surface area contributed by atoms with Gasteiger partial charge in [-0.25, -0.2) is 8.42 Å². The fraction of sp³-hybridized carbons (Fsp3) is 0.227. The highest BCUT2D eigenvalue weighted by Crippen LogP contribution is 2.24. The molecule has 8 heteroatoms. The Labute approximate surface area is 182 Å². The molecule has 0 aliphatic heterocycles. The molecule has 3 rings (SSSR count). The van der Waals surface area contributed by atoms with Gasteiger partial charge < -0.3 is 11.1 Å². The molecule has 0 bridgehead atoms. The Morgan fingerprint density at radius 2 is 1.90 bits per heavy atom. The first-order valence-electron chi connectivity index (χ1n) is 9.68. The van der Waals surface area contributed by atoms with Crippen molar-refractivity contribution < 1.29 is 8.42 Å². The van der Waals surface area contributed by atoms with Gasteiger partial charge in [-0.15, -0.1) is 0 Å². The summed E-state index contributed by atoms with van der Waals surface area (Å²) in [7, 11) is -3.67. The van der Waals surface area contributed by atoms with Gasteiger partial charge in [0.25, 0.3) is 0 Å². The minimum atomic E-state index is -3.67. The van der Waals surface area contributed by atoms with Gasteiger partial charge in [0.2, 0.25) is 10.0 Å². The van der Waals surface area contributed by atoms with Crippen molar-refractivity contribution in [3.8, 4) is 0 Å². The van der Waals surface area contributed by atoms with Crippen LogP contribution in [0, 0.1) is 0 Å². The average Bonchev–Trinajstić information content (AvgIpc) is 2.76. The molecule has 0 aliphatic rings. The third-order valence-electron chi connectivity index (χ3n) is 4.62. The molecule has 0 unspecified atom stereocenters. The molecule has 0 saturated carbocycles. The maximum atomic E-state index is 13.3. The quantitative estimate of drug-likeness (QED) is 0.469. The van der Waals surface area contributed by atoms with Crippen molar-refractivity contribution in [1.82, 2.24) is 14.6 Å². The van der Waals surface area contributed by atoms with Crippen LogP contribution in [0.3, 0.4) is 0 Å². The number of nitrogens with two attached hydrogens (primary N) is 1. The number of halogens is 1. The monoisotopic (exact) mass is 444 g/mol. The molecule has 0 fully saturated rings. The highest BCUT2D eigenvalue weighted by molar-refractivity contribution is 7.89. The highest BCUT2D eigenvalue weighted by Gasteiger charge is 2.25. The largest absolute Gasteiger partial charge is 0.329 e. The van der Waals surface area contributed by atoms with Gasteiger partial charge in [0.05, 0.1) is 4.90 Å². The summed E-state index contributed by atoms with van der Waals surface area (Å²) in [5.74, 6) is 0. The minimum Gasteiger partial charge on any atom is -0.329 e. The van der Waals surface area contributed by atoms with E-state index in [9.17, 15) is 8.42 Å². The molecule has 6 nitrogen and oxygen atoms in total. The molecule has 0 saturated heterocycles. The van der Waals surface area contributed by atoms with Crippen molar-refractivity contribution in [2.45, 2.75) is 4.90 Å². The summed E-state index contributed by atoms with van der Waals surface area (Å²) in [6, 6.07) is 14.5. The summed E-state index contributed by atoms with van der Waals surface area (Å²) in [5, 5.41) is 5.40. The lowest BCUT2D eigenvalue weighted by Gasteiger charge is -2.22. The Bertz CT molecular complexity index is 1100. The molecule has 0 aliphatic carbocycles. The van der Waals surface area contributed by atoms with Gasteiger partial charge in [0.1, 0.15) is 0 Å². The molecule has 158 valence electrons. The number of rotatable bonds is 10. The summed E-state index contributed by atoms with van der Waals surface area (Å²) < 4.78 is 28.0. The van der Waals surface area contributed by atoms with Crippen LogP contribution in [0.2, 0.25) is 5.02 Å². The Morgan fingerprint density at radius 1 is 1.10 bits per heavy atom. The Morgan fingerprint density at radius 3 is 2.67 bits per heavy atom. The number of aromatic nitrogens is 1. The smallest absolute Gasteiger partial charge is 0.243 e. The number of pyridine rings is 1. The van der Waals surface area contributed by atoms with Gasteiger partial charge in [0, 0.05) is 60.9 Å². The second-order valence-corrected chi connectivity index (χ2v) is 9.05. The molecule has 0 atom stereocenters. The molecule has 3 N–H and O–H groups in total. The van der Waals surface area contributed by atoms with Gasteiger partial charge in [-0.1, -0.05) is 48.0 Å². The SMILES string of the molecule is NCCN(CCNCC=Cc1ccc(Cl)cc1)S(=O)(=O)c1cccc2cnccc12. The van der Waals surface area contributed by atoms with E-state index in [1.807, 2.05) is 42.5 Å². The second-order valence-electron chi connectivity index (χ2n) is 6.70. The topological polar surface area (TPSA) is 88.3 Å². The zero-order valence-corrected chi connectivity index (χ0v) is 18.1. The predicted molar refractivity (Wildman–Crippen MR) is 123 cm³/mol. The van der Waals surface area contributed by atoms with E-state index in [1.54, 1.807) is 30.6 Å². The van der Waals surface area contributed by atoms with Gasteiger partial charge in [-0.2, -0.15) is 4.31 Å². The first kappa shape index (κ1) is 22.4. The molecular formula is C22H25ClN4O2S. The molecule has 3 aromatic rings. The first-order chi connectivity index (χ1) is 14.5. The van der Waals surface area contributed by atoms with Crippen LogP contribution >= 0.6 is 11.6 Å². The number of fused-ring (bicyclic) bond motifs is 1. The molecule has 0 radical (unpaired) electrons. The first-order valence-corrected chi connectivity index (χ1v) is 11.5. The summed E-state index contributed by atoms with van der Waals surface area (Å²) in [4.78, 5) is 4.35. The zero-order chi connectivity index (χ0) is 21.4. The molecule has 2 aromatic carbocycles. The van der Waals surface area contributed by atoms with E-state index in [0.717, 1.165) is 10.9 Å². The Hall–Kier alpha value is -2.29. The van der Waals surface area contributed by atoms with E-state index < -0.39 is 10.0 Å². The van der Waals surface area contributed by atoms with E-state index in [0.29, 0.717) is 30.0 Å². The van der Waals surface area contributed by atoms with Crippen LogP contribution in [0.4, 0.5) is 0 Å². The van der Waals surface area contributed by atoms with Crippen LogP contribution in [0.25, 0.3) is 16.8 Å². The predicted octanol–water partition coefficient (Wildman–Crippen LogP) is 3.14. The molecular weight excluding hydrogens is 420 g/mol. The molecule has 0 spiro atoms. The minimum absolute atomic E-state index is 0.252. The van der Waals surface area contributed by atoms with E-state index in [4.69, 9.17) is 17.3 Å². The van der Waals surface area contributed by atoms with Crippen LogP contribution < -0.4 is 11.1 Å². The Balaban J connectivity index is 1.62. The summed E-state index contributed by atoms with van der Waals surface area (Å²) in [6.45, 7) is 1.97. The van der Waals surface area contributed by atoms with E-state index >= 15 is 0 Å². The molecule has 0 amide bonds. The van der Waals surface area contributed by atoms with E-state index in [1.165, 1.54) is 4.31 Å². The fourth-order valence-electron chi connectivity index (χ4n) is 3.11. The van der Waals surface area contributed by atoms with E-state index in [2.05, 4.69) is 10.3 Å². The third-order valence-corrected chi connectivity index (χ3v) is 6.83. The van der Waals surface area contributed by atoms with Crippen LogP contribution in [0.5, 0.6) is 0 Å². The van der Waals surface area contributed by atoms with Gasteiger partial charge >= 0.3 is 0 Å².